The number of nitrogens with zero attached hydrogens (tertiary/aromatic N) is 1. The number of fused-ring (bicyclic) bond motifs is 1. The monoisotopic (exact) mass is 315 g/mol. The molecule has 1 amide bonds. The quantitative estimate of drug-likeness (QED) is 0.714. The number of hydrogen-bond donors (Lipinski definition) is 2. The molecule has 0 fully saturated rings. The van der Waals surface area contributed by atoms with Crippen molar-refractivity contribution in [3.8, 4) is 0 Å². The zero-order valence-electron chi connectivity index (χ0n) is 11.9. The van der Waals surface area contributed by atoms with Crippen LogP contribution in [-0.2, 0) is 0 Å². The van der Waals surface area contributed by atoms with E-state index in [1.807, 2.05) is 6.07 Å². The number of H-pyrrole nitrogens is 1. The predicted molar refractivity (Wildman–Crippen MR) is 86.8 cm³/mol. The largest absolute Gasteiger partial charge is 0.350 e. The summed E-state index contributed by atoms with van der Waals surface area (Å²) >= 11 is 1.63. The molecule has 22 heavy (non-hydrogen) atoms. The Morgan fingerprint density at radius 2 is 2.23 bits per heavy atom. The number of hydrogen-bond acceptors (Lipinski definition) is 3. The van der Waals surface area contributed by atoms with E-state index >= 15 is 0 Å². The van der Waals surface area contributed by atoms with Crippen LogP contribution < -0.4 is 5.32 Å². The van der Waals surface area contributed by atoms with Crippen molar-refractivity contribution in [3.63, 3.8) is 0 Å². The molecule has 2 N–H and O–H groups in total. The van der Waals surface area contributed by atoms with Gasteiger partial charge in [-0.15, -0.1) is 11.8 Å². The fourth-order valence-electron chi connectivity index (χ4n) is 2.13. The van der Waals surface area contributed by atoms with Gasteiger partial charge < -0.3 is 10.3 Å². The Morgan fingerprint density at radius 3 is 2.91 bits per heavy atom. The Balaban J connectivity index is 1.79. The van der Waals surface area contributed by atoms with Crippen molar-refractivity contribution in [1.29, 1.82) is 0 Å². The summed E-state index contributed by atoms with van der Waals surface area (Å²) in [4.78, 5) is 19.4. The van der Waals surface area contributed by atoms with Gasteiger partial charge in [0.15, 0.2) is 0 Å². The summed E-state index contributed by atoms with van der Waals surface area (Å²) in [6, 6.07) is 9.86. The molecule has 0 spiro atoms. The molecule has 6 heteroatoms. The van der Waals surface area contributed by atoms with Gasteiger partial charge in [-0.05, 0) is 36.1 Å². The van der Waals surface area contributed by atoms with Crippen LogP contribution >= 0.6 is 11.8 Å². The van der Waals surface area contributed by atoms with Gasteiger partial charge in [0.25, 0.3) is 5.91 Å². The molecule has 0 unspecified atom stereocenters. The van der Waals surface area contributed by atoms with E-state index in [0.29, 0.717) is 22.3 Å². The zero-order valence-corrected chi connectivity index (χ0v) is 12.7. The molecule has 0 saturated carbocycles. The maximum Gasteiger partial charge on any atom is 0.272 e. The van der Waals surface area contributed by atoms with Crippen molar-refractivity contribution in [1.82, 2.24) is 9.97 Å². The fourth-order valence-corrected chi connectivity index (χ4v) is 2.71. The number of amides is 1. The molecule has 0 aliphatic carbocycles. The van der Waals surface area contributed by atoms with Gasteiger partial charge in [-0.3, -0.25) is 4.79 Å². The third kappa shape index (κ3) is 2.96. The molecule has 2 heterocycles. The predicted octanol–water partition coefficient (Wildman–Crippen LogP) is 4.07. The Kier molecular flexibility index (Phi) is 4.11. The number of pyridine rings is 1. The minimum absolute atomic E-state index is 0.312. The van der Waals surface area contributed by atoms with Crippen LogP contribution in [0.25, 0.3) is 10.9 Å². The second-order valence-electron chi connectivity index (χ2n) is 4.66. The Hall–Kier alpha value is -2.34. The van der Waals surface area contributed by atoms with Crippen molar-refractivity contribution in [2.24, 2.45) is 0 Å². The number of aromatic nitrogens is 2. The van der Waals surface area contributed by atoms with Crippen LogP contribution in [0.1, 0.15) is 17.4 Å². The van der Waals surface area contributed by atoms with Crippen molar-refractivity contribution in [2.75, 3.05) is 11.1 Å². The van der Waals surface area contributed by atoms with Gasteiger partial charge >= 0.3 is 0 Å². The first kappa shape index (κ1) is 14.6. The molecule has 4 nitrogen and oxygen atoms in total. The van der Waals surface area contributed by atoms with Gasteiger partial charge in [0.05, 0.1) is 16.9 Å². The Bertz CT molecular complexity index is 814. The van der Waals surface area contributed by atoms with Crippen LogP contribution in [0.15, 0.2) is 47.6 Å². The lowest BCUT2D eigenvalue weighted by Crippen LogP contribution is -2.12. The van der Waals surface area contributed by atoms with E-state index in [1.54, 1.807) is 36.2 Å². The molecule has 0 saturated heterocycles. The highest BCUT2D eigenvalue weighted by Gasteiger charge is 2.12. The van der Waals surface area contributed by atoms with Crippen molar-refractivity contribution >= 4 is 34.3 Å². The number of anilines is 1. The molecule has 112 valence electrons. The van der Waals surface area contributed by atoms with Crippen molar-refractivity contribution < 1.29 is 9.18 Å². The summed E-state index contributed by atoms with van der Waals surface area (Å²) in [7, 11) is 0. The number of halogens is 1. The molecule has 3 rings (SSSR count). The van der Waals surface area contributed by atoms with Gasteiger partial charge in [-0.2, -0.15) is 0 Å². The minimum atomic E-state index is -0.351. The van der Waals surface area contributed by atoms with Gasteiger partial charge in [-0.25, -0.2) is 9.37 Å². The van der Waals surface area contributed by atoms with Gasteiger partial charge in [0, 0.05) is 10.9 Å². The molecule has 0 aliphatic heterocycles. The highest BCUT2D eigenvalue weighted by molar-refractivity contribution is 7.99. The first-order valence-corrected chi connectivity index (χ1v) is 7.83. The molecular formula is C16H14FN3OS. The molecule has 2 aromatic heterocycles. The standard InChI is InChI=1S/C16H14FN3OS/c1-2-22-15-7-6-10(9-18-15)19-16(21)14-8-11-12(17)4-3-5-13(11)20-14/h3-9,20H,2H2,1H3,(H,19,21). The maximum absolute atomic E-state index is 13.6. The maximum atomic E-state index is 13.6. The van der Waals surface area contributed by atoms with E-state index in [4.69, 9.17) is 0 Å². The molecular weight excluding hydrogens is 301 g/mol. The van der Waals surface area contributed by atoms with Crippen molar-refractivity contribution in [2.45, 2.75) is 11.9 Å². The molecule has 0 radical (unpaired) electrons. The smallest absolute Gasteiger partial charge is 0.272 e. The zero-order chi connectivity index (χ0) is 15.5. The topological polar surface area (TPSA) is 57.8 Å². The first-order chi connectivity index (χ1) is 10.7. The number of carbonyl (C=O) groups is 1. The number of carbonyl (C=O) groups excluding carboxylic acids is 1. The van der Waals surface area contributed by atoms with Gasteiger partial charge in [0.1, 0.15) is 11.5 Å². The van der Waals surface area contributed by atoms with Crippen LogP contribution in [-0.4, -0.2) is 21.6 Å². The summed E-state index contributed by atoms with van der Waals surface area (Å²) in [5.41, 5.74) is 1.51. The molecule has 0 bridgehead atoms. The lowest BCUT2D eigenvalue weighted by molar-refractivity contribution is 0.102. The third-order valence-corrected chi connectivity index (χ3v) is 3.97. The normalized spacial score (nSPS) is 10.8. The number of benzene rings is 1. The van der Waals surface area contributed by atoms with E-state index in [1.165, 1.54) is 12.1 Å². The average molecular weight is 315 g/mol. The average Bonchev–Trinajstić information content (AvgIpc) is 2.95. The molecule has 3 aromatic rings. The van der Waals surface area contributed by atoms with E-state index in [2.05, 4.69) is 22.2 Å². The number of thioether (sulfide) groups is 1. The number of nitrogens with one attached hydrogen (secondary N) is 2. The van der Waals surface area contributed by atoms with Crippen LogP contribution in [0.4, 0.5) is 10.1 Å². The van der Waals surface area contributed by atoms with Crippen molar-refractivity contribution in [3.05, 3.63) is 54.1 Å². The van der Waals surface area contributed by atoms with Crippen LogP contribution in [0.5, 0.6) is 0 Å². The SMILES string of the molecule is CCSc1ccc(NC(=O)c2cc3c(F)cccc3[nH]2)cn1. The number of aromatic amines is 1. The van der Waals surface area contributed by atoms with E-state index in [9.17, 15) is 9.18 Å². The highest BCUT2D eigenvalue weighted by atomic mass is 32.2. The summed E-state index contributed by atoms with van der Waals surface area (Å²) in [5.74, 6) is 0.267. The van der Waals surface area contributed by atoms with E-state index in [-0.39, 0.29) is 11.7 Å². The fraction of sp³-hybridized carbons (Fsp3) is 0.125. The summed E-state index contributed by atoms with van der Waals surface area (Å²) in [6.07, 6.45) is 1.61. The molecule has 0 aliphatic rings. The van der Waals surface area contributed by atoms with E-state index in [0.717, 1.165) is 10.8 Å². The third-order valence-electron chi connectivity index (χ3n) is 3.14. The Morgan fingerprint density at radius 1 is 1.36 bits per heavy atom. The van der Waals surface area contributed by atoms with Gasteiger partial charge in [-0.1, -0.05) is 13.0 Å². The summed E-state index contributed by atoms with van der Waals surface area (Å²) < 4.78 is 13.6. The van der Waals surface area contributed by atoms with E-state index < -0.39 is 0 Å². The second kappa shape index (κ2) is 6.19. The highest BCUT2D eigenvalue weighted by Crippen LogP contribution is 2.20. The summed E-state index contributed by atoms with van der Waals surface area (Å²) in [6.45, 7) is 2.05. The van der Waals surface area contributed by atoms with Crippen LogP contribution in [0.2, 0.25) is 0 Å². The van der Waals surface area contributed by atoms with Gasteiger partial charge in [0.2, 0.25) is 0 Å². The summed E-state index contributed by atoms with van der Waals surface area (Å²) in [5, 5.41) is 4.06. The molecule has 1 aromatic carbocycles. The van der Waals surface area contributed by atoms with Crippen LogP contribution in [0.3, 0.4) is 0 Å². The first-order valence-electron chi connectivity index (χ1n) is 6.85. The minimum Gasteiger partial charge on any atom is -0.350 e. The molecule has 0 atom stereocenters. The number of rotatable bonds is 4. The lowest BCUT2D eigenvalue weighted by atomic mass is 10.2. The lowest BCUT2D eigenvalue weighted by Gasteiger charge is -2.04. The van der Waals surface area contributed by atoms with Crippen LogP contribution in [0, 0.1) is 5.82 Å². The second-order valence-corrected chi connectivity index (χ2v) is 5.94. The Labute approximate surface area is 131 Å².